The molecule has 0 aliphatic carbocycles. The average Bonchev–Trinajstić information content (AvgIpc) is 3.44. The quantitative estimate of drug-likeness (QED) is 0.565. The first-order valence-corrected chi connectivity index (χ1v) is 11.4. The molecule has 0 bridgehead atoms. The second-order valence-corrected chi connectivity index (χ2v) is 9.07. The Kier molecular flexibility index (Phi) is 6.51. The molecule has 4 rings (SSSR count). The van der Waals surface area contributed by atoms with E-state index in [1.165, 1.54) is 11.3 Å². The minimum Gasteiger partial charge on any atom is -0.467 e. The van der Waals surface area contributed by atoms with Crippen molar-refractivity contribution >= 4 is 23.2 Å². The smallest absolute Gasteiger partial charge is 0.265 e. The Morgan fingerprint density at radius 2 is 1.90 bits per heavy atom. The highest BCUT2D eigenvalue weighted by Crippen LogP contribution is 2.30. The van der Waals surface area contributed by atoms with Gasteiger partial charge < -0.3 is 14.2 Å². The lowest BCUT2D eigenvalue weighted by Crippen LogP contribution is -2.39. The number of aryl methyl sites for hydroxylation is 1. The van der Waals surface area contributed by atoms with Crippen LogP contribution in [-0.4, -0.2) is 46.7 Å². The van der Waals surface area contributed by atoms with E-state index in [4.69, 9.17) is 4.42 Å². The summed E-state index contributed by atoms with van der Waals surface area (Å²) in [5, 5.41) is 0.876. The fourth-order valence-corrected chi connectivity index (χ4v) is 4.95. The van der Waals surface area contributed by atoms with Crippen LogP contribution < -0.4 is 0 Å². The molecular weight excluding hydrogens is 410 g/mol. The molecule has 3 heterocycles. The van der Waals surface area contributed by atoms with Gasteiger partial charge in [0, 0.05) is 32.1 Å². The summed E-state index contributed by atoms with van der Waals surface area (Å²) < 4.78 is 5.32. The van der Waals surface area contributed by atoms with Crippen molar-refractivity contribution in [2.75, 3.05) is 20.1 Å². The Labute approximate surface area is 186 Å². The fourth-order valence-electron chi connectivity index (χ4n) is 3.91. The number of nitrogens with zero attached hydrogens (tertiary/aromatic N) is 3. The number of thiazole rings is 1. The third kappa shape index (κ3) is 5.05. The average molecular weight is 438 g/mol. The van der Waals surface area contributed by atoms with E-state index < -0.39 is 0 Å². The number of likely N-dealkylation sites (tertiary alicyclic amines) is 1. The summed E-state index contributed by atoms with van der Waals surface area (Å²) >= 11 is 1.46. The van der Waals surface area contributed by atoms with Gasteiger partial charge >= 0.3 is 0 Å². The summed E-state index contributed by atoms with van der Waals surface area (Å²) in [5.74, 6) is 1.26. The van der Waals surface area contributed by atoms with Crippen molar-refractivity contribution in [2.45, 2.75) is 32.7 Å². The summed E-state index contributed by atoms with van der Waals surface area (Å²) in [5.41, 5.74) is 1.82. The lowest BCUT2D eigenvalue weighted by Gasteiger charge is -2.32. The molecule has 1 saturated heterocycles. The van der Waals surface area contributed by atoms with Crippen molar-refractivity contribution < 1.29 is 14.0 Å². The molecule has 2 aromatic heterocycles. The molecule has 0 N–H and O–H groups in total. The maximum atomic E-state index is 13.1. The molecule has 7 heteroatoms. The van der Waals surface area contributed by atoms with E-state index in [9.17, 15) is 9.59 Å². The van der Waals surface area contributed by atoms with Gasteiger partial charge in [0.05, 0.1) is 18.5 Å². The molecule has 1 fully saturated rings. The van der Waals surface area contributed by atoms with Crippen molar-refractivity contribution in [3.8, 4) is 10.6 Å². The summed E-state index contributed by atoms with van der Waals surface area (Å²) in [6.07, 6.45) is 3.82. The number of hydrogen-bond donors (Lipinski definition) is 0. The largest absolute Gasteiger partial charge is 0.467 e. The molecule has 162 valence electrons. The van der Waals surface area contributed by atoms with Crippen LogP contribution in [0.2, 0.25) is 0 Å². The minimum atomic E-state index is 0.0527. The zero-order valence-electron chi connectivity index (χ0n) is 17.9. The van der Waals surface area contributed by atoms with Crippen LogP contribution in [0, 0.1) is 12.8 Å². The second kappa shape index (κ2) is 9.47. The molecule has 1 aliphatic heterocycles. The van der Waals surface area contributed by atoms with Crippen LogP contribution in [0.3, 0.4) is 0 Å². The first-order valence-electron chi connectivity index (χ1n) is 10.6. The number of carbonyl (C=O) groups excluding carboxylic acids is 2. The number of carbonyl (C=O) groups is 2. The molecule has 6 nitrogen and oxygen atoms in total. The van der Waals surface area contributed by atoms with Crippen LogP contribution in [-0.2, 0) is 11.3 Å². The monoisotopic (exact) mass is 437 g/mol. The van der Waals surface area contributed by atoms with Gasteiger partial charge in [-0.3, -0.25) is 9.59 Å². The van der Waals surface area contributed by atoms with Crippen LogP contribution in [0.1, 0.15) is 40.4 Å². The van der Waals surface area contributed by atoms with Crippen molar-refractivity contribution in [3.63, 3.8) is 0 Å². The number of aromatic nitrogens is 1. The summed E-state index contributed by atoms with van der Waals surface area (Å²) in [6, 6.07) is 13.7. The number of piperidine rings is 1. The van der Waals surface area contributed by atoms with Crippen LogP contribution >= 0.6 is 11.3 Å². The van der Waals surface area contributed by atoms with E-state index >= 15 is 0 Å². The molecule has 1 aliphatic rings. The first kappa shape index (κ1) is 21.3. The molecule has 3 aromatic rings. The van der Waals surface area contributed by atoms with Gasteiger partial charge in [-0.1, -0.05) is 30.3 Å². The van der Waals surface area contributed by atoms with Gasteiger partial charge in [0.15, 0.2) is 0 Å². The van der Waals surface area contributed by atoms with Crippen molar-refractivity contribution in [3.05, 3.63) is 65.1 Å². The van der Waals surface area contributed by atoms with Gasteiger partial charge in [-0.25, -0.2) is 4.98 Å². The Morgan fingerprint density at radius 3 is 2.58 bits per heavy atom. The van der Waals surface area contributed by atoms with E-state index in [0.717, 1.165) is 34.9 Å². The minimum absolute atomic E-state index is 0.0527. The van der Waals surface area contributed by atoms with Gasteiger partial charge in [0.1, 0.15) is 15.6 Å². The van der Waals surface area contributed by atoms with E-state index in [-0.39, 0.29) is 11.8 Å². The van der Waals surface area contributed by atoms with E-state index in [1.54, 1.807) is 18.2 Å². The molecule has 0 unspecified atom stereocenters. The second-order valence-electron chi connectivity index (χ2n) is 8.07. The Morgan fingerprint density at radius 1 is 1.16 bits per heavy atom. The maximum absolute atomic E-state index is 13.1. The van der Waals surface area contributed by atoms with Crippen LogP contribution in [0.25, 0.3) is 10.6 Å². The Bertz CT molecular complexity index is 1020. The zero-order chi connectivity index (χ0) is 21.8. The van der Waals surface area contributed by atoms with E-state index in [1.807, 2.05) is 54.3 Å². The third-order valence-electron chi connectivity index (χ3n) is 5.78. The molecule has 0 spiro atoms. The van der Waals surface area contributed by atoms with E-state index in [0.29, 0.717) is 36.9 Å². The van der Waals surface area contributed by atoms with Crippen molar-refractivity contribution in [1.29, 1.82) is 0 Å². The summed E-state index contributed by atoms with van der Waals surface area (Å²) in [7, 11) is 1.81. The lowest BCUT2D eigenvalue weighted by atomic mass is 9.93. The number of rotatable bonds is 6. The van der Waals surface area contributed by atoms with Crippen LogP contribution in [0.15, 0.2) is 53.1 Å². The van der Waals surface area contributed by atoms with Gasteiger partial charge in [0.2, 0.25) is 5.91 Å². The normalized spacial score (nSPS) is 14.6. The number of furan rings is 1. The number of benzene rings is 1. The topological polar surface area (TPSA) is 66.7 Å². The van der Waals surface area contributed by atoms with Crippen LogP contribution in [0.4, 0.5) is 0 Å². The van der Waals surface area contributed by atoms with Crippen molar-refractivity contribution in [1.82, 2.24) is 14.8 Å². The predicted octanol–water partition coefficient (Wildman–Crippen LogP) is 4.61. The molecule has 31 heavy (non-hydrogen) atoms. The third-order valence-corrected chi connectivity index (χ3v) is 6.97. The molecule has 1 aromatic carbocycles. The number of amides is 2. The maximum Gasteiger partial charge on any atom is 0.265 e. The molecule has 0 atom stereocenters. The Hall–Kier alpha value is -2.93. The highest BCUT2D eigenvalue weighted by molar-refractivity contribution is 7.17. The molecular formula is C24H27N3O3S. The highest BCUT2D eigenvalue weighted by atomic mass is 32.1. The SMILES string of the molecule is Cc1nc(-c2ccccc2)sc1C(=O)N1CCC(CC(=O)N(C)Cc2ccco2)CC1. The zero-order valence-corrected chi connectivity index (χ0v) is 18.7. The van der Waals surface area contributed by atoms with E-state index in [2.05, 4.69) is 4.98 Å². The predicted molar refractivity (Wildman–Crippen MR) is 121 cm³/mol. The number of hydrogen-bond acceptors (Lipinski definition) is 5. The molecule has 0 saturated carbocycles. The van der Waals surface area contributed by atoms with Gasteiger partial charge in [0.25, 0.3) is 5.91 Å². The fraction of sp³-hybridized carbons (Fsp3) is 0.375. The summed E-state index contributed by atoms with van der Waals surface area (Å²) in [4.78, 5) is 34.6. The van der Waals surface area contributed by atoms with Gasteiger partial charge in [-0.05, 0) is 37.8 Å². The van der Waals surface area contributed by atoms with Crippen molar-refractivity contribution in [2.24, 2.45) is 5.92 Å². The molecule has 0 radical (unpaired) electrons. The Balaban J connectivity index is 1.31. The van der Waals surface area contributed by atoms with Gasteiger partial charge in [-0.2, -0.15) is 0 Å². The lowest BCUT2D eigenvalue weighted by molar-refractivity contribution is -0.131. The summed E-state index contributed by atoms with van der Waals surface area (Å²) in [6.45, 7) is 3.74. The standard InChI is InChI=1S/C24H27N3O3S/c1-17-22(31-23(25-17)19-7-4-3-5-8-19)24(29)27-12-10-18(11-13-27)15-21(28)26(2)16-20-9-6-14-30-20/h3-9,14,18H,10-13,15-16H2,1-2H3. The molecule has 2 amide bonds. The van der Waals surface area contributed by atoms with Crippen LogP contribution in [0.5, 0.6) is 0 Å². The highest BCUT2D eigenvalue weighted by Gasteiger charge is 2.28. The first-order chi connectivity index (χ1) is 15.0. The van der Waals surface area contributed by atoms with Gasteiger partial charge in [-0.15, -0.1) is 11.3 Å².